The molecule has 2 aromatic rings. The zero-order chi connectivity index (χ0) is 25.1. The van der Waals surface area contributed by atoms with Crippen molar-refractivity contribution in [1.29, 1.82) is 0 Å². The van der Waals surface area contributed by atoms with E-state index in [-0.39, 0.29) is 18.0 Å². The molecule has 180 valence electrons. The molecular weight excluding hydrogens is 436 g/mol. The zero-order valence-corrected chi connectivity index (χ0v) is 19.4. The molecular formula is C25H30N4O5. The number of rotatable bonds is 9. The number of hydrogen-bond acceptors (Lipinski definition) is 6. The molecule has 6 N–H and O–H groups in total. The molecule has 0 aliphatic carbocycles. The standard InChI is InChI=1S/C25H30N4O5/c1-16(2)14-26-15-22(31)27-21-12-8-19(9-13-21)5-4-18-6-10-20(11-7-18)24(32)28-23(17(3)30)25(33)29-34/h6-13,16-17,23,26,30,34H,14-15H2,1-3H3,(H,27,31)(H,28,32)(H,29,33). The molecule has 0 heterocycles. The van der Waals surface area contributed by atoms with Crippen LogP contribution in [0.4, 0.5) is 5.69 Å². The molecule has 2 rings (SSSR count). The minimum Gasteiger partial charge on any atom is -0.391 e. The first-order valence-electron chi connectivity index (χ1n) is 10.8. The van der Waals surface area contributed by atoms with E-state index in [1.165, 1.54) is 12.4 Å². The van der Waals surface area contributed by atoms with Crippen LogP contribution in [0.25, 0.3) is 0 Å². The van der Waals surface area contributed by atoms with Crippen molar-refractivity contribution in [2.75, 3.05) is 18.4 Å². The Hall–Kier alpha value is -3.71. The van der Waals surface area contributed by atoms with E-state index in [4.69, 9.17) is 5.21 Å². The van der Waals surface area contributed by atoms with Crippen LogP contribution in [0.5, 0.6) is 0 Å². The van der Waals surface area contributed by atoms with Crippen molar-refractivity contribution in [3.8, 4) is 11.8 Å². The summed E-state index contributed by atoms with van der Waals surface area (Å²) in [6.07, 6.45) is -1.19. The number of aliphatic hydroxyl groups excluding tert-OH is 1. The second-order valence-electron chi connectivity index (χ2n) is 8.15. The predicted octanol–water partition coefficient (Wildman–Crippen LogP) is 1.26. The maximum atomic E-state index is 12.3. The molecule has 2 unspecified atom stereocenters. The van der Waals surface area contributed by atoms with E-state index in [2.05, 4.69) is 41.6 Å². The van der Waals surface area contributed by atoms with Crippen molar-refractivity contribution in [2.45, 2.75) is 32.9 Å². The summed E-state index contributed by atoms with van der Waals surface area (Å²) in [5, 5.41) is 26.6. The van der Waals surface area contributed by atoms with Crippen LogP contribution < -0.4 is 21.4 Å². The van der Waals surface area contributed by atoms with Crippen molar-refractivity contribution in [3.63, 3.8) is 0 Å². The number of carbonyl (C=O) groups excluding carboxylic acids is 3. The average Bonchev–Trinajstić information content (AvgIpc) is 2.81. The van der Waals surface area contributed by atoms with Gasteiger partial charge in [0.15, 0.2) is 0 Å². The van der Waals surface area contributed by atoms with E-state index in [9.17, 15) is 19.5 Å². The number of carbonyl (C=O) groups is 3. The quantitative estimate of drug-likeness (QED) is 0.187. The summed E-state index contributed by atoms with van der Waals surface area (Å²) in [5.74, 6) is 4.88. The van der Waals surface area contributed by atoms with Gasteiger partial charge in [-0.3, -0.25) is 19.6 Å². The van der Waals surface area contributed by atoms with E-state index < -0.39 is 24.0 Å². The summed E-state index contributed by atoms with van der Waals surface area (Å²) in [6.45, 7) is 6.50. The van der Waals surface area contributed by atoms with Crippen LogP contribution >= 0.6 is 0 Å². The van der Waals surface area contributed by atoms with E-state index >= 15 is 0 Å². The van der Waals surface area contributed by atoms with Crippen LogP contribution in [0.1, 0.15) is 42.3 Å². The predicted molar refractivity (Wildman–Crippen MR) is 128 cm³/mol. The van der Waals surface area contributed by atoms with Crippen molar-refractivity contribution in [2.24, 2.45) is 5.92 Å². The van der Waals surface area contributed by atoms with Crippen LogP contribution in [0.2, 0.25) is 0 Å². The van der Waals surface area contributed by atoms with Crippen LogP contribution in [0.3, 0.4) is 0 Å². The minimum atomic E-state index is -1.29. The highest BCUT2D eigenvalue weighted by Crippen LogP contribution is 2.10. The van der Waals surface area contributed by atoms with Gasteiger partial charge in [-0.05, 0) is 67.9 Å². The number of benzene rings is 2. The normalized spacial score (nSPS) is 12.2. The smallest absolute Gasteiger partial charge is 0.268 e. The van der Waals surface area contributed by atoms with Crippen molar-refractivity contribution in [3.05, 3.63) is 65.2 Å². The van der Waals surface area contributed by atoms with Crippen molar-refractivity contribution < 1.29 is 24.7 Å². The van der Waals surface area contributed by atoms with E-state index in [1.807, 2.05) is 0 Å². The lowest BCUT2D eigenvalue weighted by atomic mass is 10.1. The van der Waals surface area contributed by atoms with Crippen molar-refractivity contribution >= 4 is 23.4 Å². The molecule has 0 spiro atoms. The van der Waals surface area contributed by atoms with E-state index in [1.54, 1.807) is 48.5 Å². The lowest BCUT2D eigenvalue weighted by Gasteiger charge is -2.19. The summed E-state index contributed by atoms with van der Waals surface area (Å²) < 4.78 is 0. The molecule has 0 bridgehead atoms. The highest BCUT2D eigenvalue weighted by molar-refractivity contribution is 5.97. The molecule has 0 aromatic heterocycles. The molecule has 3 amide bonds. The van der Waals surface area contributed by atoms with Gasteiger partial charge in [0, 0.05) is 22.4 Å². The summed E-state index contributed by atoms with van der Waals surface area (Å²) >= 11 is 0. The molecule has 9 heteroatoms. The number of hydroxylamine groups is 1. The molecule has 0 fully saturated rings. The highest BCUT2D eigenvalue weighted by Gasteiger charge is 2.25. The van der Waals surface area contributed by atoms with Gasteiger partial charge in [-0.25, -0.2) is 5.48 Å². The van der Waals surface area contributed by atoms with Crippen LogP contribution in [-0.2, 0) is 9.59 Å². The van der Waals surface area contributed by atoms with Crippen LogP contribution in [0.15, 0.2) is 48.5 Å². The molecule has 2 aromatic carbocycles. The Morgan fingerprint density at radius 3 is 1.97 bits per heavy atom. The third-order valence-corrected chi connectivity index (χ3v) is 4.67. The van der Waals surface area contributed by atoms with Gasteiger partial charge in [-0.15, -0.1) is 0 Å². The van der Waals surface area contributed by atoms with Gasteiger partial charge in [0.1, 0.15) is 6.04 Å². The van der Waals surface area contributed by atoms with Crippen molar-refractivity contribution in [1.82, 2.24) is 16.1 Å². The molecule has 0 saturated carbocycles. The van der Waals surface area contributed by atoms with E-state index in [0.29, 0.717) is 17.2 Å². The molecule has 0 radical (unpaired) electrons. The minimum absolute atomic E-state index is 0.111. The number of anilines is 1. The summed E-state index contributed by atoms with van der Waals surface area (Å²) in [5.41, 5.74) is 3.79. The molecule has 2 atom stereocenters. The largest absolute Gasteiger partial charge is 0.391 e. The fourth-order valence-corrected chi connectivity index (χ4v) is 2.87. The Morgan fingerprint density at radius 2 is 1.47 bits per heavy atom. The summed E-state index contributed by atoms with van der Waals surface area (Å²) in [6, 6.07) is 12.3. The first kappa shape index (κ1) is 26.5. The monoisotopic (exact) mass is 466 g/mol. The molecule has 0 aliphatic heterocycles. The fraction of sp³-hybridized carbons (Fsp3) is 0.320. The lowest BCUT2D eigenvalue weighted by molar-refractivity contribution is -0.133. The van der Waals surface area contributed by atoms with Gasteiger partial charge < -0.3 is 21.1 Å². The molecule has 34 heavy (non-hydrogen) atoms. The van der Waals surface area contributed by atoms with E-state index in [0.717, 1.165) is 12.1 Å². The number of amides is 3. The van der Waals surface area contributed by atoms with Gasteiger partial charge in [0.2, 0.25) is 5.91 Å². The Kier molecular flexibility index (Phi) is 10.2. The first-order chi connectivity index (χ1) is 16.2. The highest BCUT2D eigenvalue weighted by atomic mass is 16.5. The topological polar surface area (TPSA) is 140 Å². The molecule has 0 saturated heterocycles. The Morgan fingerprint density at radius 1 is 0.912 bits per heavy atom. The summed E-state index contributed by atoms with van der Waals surface area (Å²) in [4.78, 5) is 35.8. The average molecular weight is 467 g/mol. The summed E-state index contributed by atoms with van der Waals surface area (Å²) in [7, 11) is 0. The van der Waals surface area contributed by atoms with Gasteiger partial charge in [-0.2, -0.15) is 0 Å². The van der Waals surface area contributed by atoms with Gasteiger partial charge >= 0.3 is 0 Å². The molecule has 0 aliphatic rings. The van der Waals surface area contributed by atoms with Crippen LogP contribution in [0, 0.1) is 17.8 Å². The first-order valence-corrected chi connectivity index (χ1v) is 10.8. The maximum absolute atomic E-state index is 12.3. The van der Waals surface area contributed by atoms with Gasteiger partial charge in [0.05, 0.1) is 12.6 Å². The Labute approximate surface area is 198 Å². The Bertz CT molecular complexity index is 1040. The van der Waals surface area contributed by atoms with Gasteiger partial charge in [-0.1, -0.05) is 25.7 Å². The Balaban J connectivity index is 1.94. The third-order valence-electron chi connectivity index (χ3n) is 4.67. The zero-order valence-electron chi connectivity index (χ0n) is 19.4. The van der Waals surface area contributed by atoms with Crippen LogP contribution in [-0.4, -0.2) is 53.3 Å². The molecule has 9 nitrogen and oxygen atoms in total. The number of aliphatic hydroxyl groups is 1. The fourth-order valence-electron chi connectivity index (χ4n) is 2.87. The number of nitrogens with one attached hydrogen (secondary N) is 4. The third kappa shape index (κ3) is 8.67. The van der Waals surface area contributed by atoms with Gasteiger partial charge in [0.25, 0.3) is 11.8 Å². The SMILES string of the molecule is CC(C)CNCC(=O)Nc1ccc(C#Cc2ccc(C(=O)NC(C(=O)NO)C(C)O)cc2)cc1. The lowest BCUT2D eigenvalue weighted by Crippen LogP contribution is -2.51. The maximum Gasteiger partial charge on any atom is 0.268 e. The number of hydrogen-bond donors (Lipinski definition) is 6. The second-order valence-corrected chi connectivity index (χ2v) is 8.15. The second kappa shape index (κ2) is 13.1.